The second-order valence-electron chi connectivity index (χ2n) is 3.66. The van der Waals surface area contributed by atoms with Crippen LogP contribution in [0.3, 0.4) is 0 Å². The van der Waals surface area contributed by atoms with Crippen molar-refractivity contribution in [2.24, 2.45) is 0 Å². The van der Waals surface area contributed by atoms with E-state index in [4.69, 9.17) is 15.2 Å². The van der Waals surface area contributed by atoms with Crippen LogP contribution in [-0.2, 0) is 4.79 Å². The zero-order valence-electron chi connectivity index (χ0n) is 11.3. The Labute approximate surface area is 112 Å². The van der Waals surface area contributed by atoms with Crippen molar-refractivity contribution < 1.29 is 14.3 Å². The van der Waals surface area contributed by atoms with E-state index in [9.17, 15) is 4.79 Å². The number of carbonyl (C=O) groups excluding carboxylic acids is 1. The summed E-state index contributed by atoms with van der Waals surface area (Å²) < 4.78 is 10.4. The van der Waals surface area contributed by atoms with Crippen LogP contribution >= 0.6 is 0 Å². The van der Waals surface area contributed by atoms with Gasteiger partial charge in [0.15, 0.2) is 0 Å². The summed E-state index contributed by atoms with van der Waals surface area (Å²) in [5.74, 6) is -0.240. The highest BCUT2D eigenvalue weighted by atomic mass is 16.5. The van der Waals surface area contributed by atoms with Crippen molar-refractivity contribution in [2.75, 3.05) is 12.3 Å². The maximum Gasteiger partial charge on any atom is 0.344 e. The fraction of sp³-hybridized carbons (Fsp3) is 0.308. The van der Waals surface area contributed by atoms with Gasteiger partial charge >= 0.3 is 5.97 Å². The molecule has 0 amide bonds. The minimum Gasteiger partial charge on any atom is -0.478 e. The van der Waals surface area contributed by atoms with Crippen LogP contribution < -0.4 is 15.2 Å². The molecule has 2 N–H and O–H groups in total. The van der Waals surface area contributed by atoms with Gasteiger partial charge in [-0.3, -0.25) is 0 Å². The Kier molecular flexibility index (Phi) is 5.05. The molecule has 0 spiro atoms. The molecule has 6 heteroatoms. The molecule has 0 unspecified atom stereocenters. The van der Waals surface area contributed by atoms with E-state index in [0.717, 1.165) is 0 Å². The lowest BCUT2D eigenvalue weighted by molar-refractivity contribution is -0.130. The number of hydrogen-bond donors (Lipinski definition) is 1. The quantitative estimate of drug-likeness (QED) is 0.495. The summed E-state index contributed by atoms with van der Waals surface area (Å²) in [6, 6.07) is 0. The van der Waals surface area contributed by atoms with Gasteiger partial charge in [-0.05, 0) is 20.8 Å². The van der Waals surface area contributed by atoms with E-state index in [0.29, 0.717) is 18.1 Å². The molecule has 0 aliphatic heterocycles. The minimum absolute atomic E-state index is 0.0199. The van der Waals surface area contributed by atoms with Crippen molar-refractivity contribution >= 4 is 11.9 Å². The predicted octanol–water partition coefficient (Wildman–Crippen LogP) is 1.80. The molecular weight excluding hydrogens is 246 g/mol. The summed E-state index contributed by atoms with van der Waals surface area (Å²) in [6.45, 7) is 9.29. The standard InChI is InChI=1S/C13H17N3O3/c1-5-7-8(3)12(17)19-11-9(4)10(18-6-2)15-13(14)16-11/h5,7H,3,6H2,1-2,4H3,(H2,14,15,16). The van der Waals surface area contributed by atoms with E-state index in [-0.39, 0.29) is 17.4 Å². The third-order valence-electron chi connectivity index (χ3n) is 2.17. The van der Waals surface area contributed by atoms with E-state index < -0.39 is 5.97 Å². The number of hydrogen-bond acceptors (Lipinski definition) is 6. The number of nitrogens with zero attached hydrogens (tertiary/aromatic N) is 2. The Hall–Kier alpha value is -2.37. The number of esters is 1. The fourth-order valence-electron chi connectivity index (χ4n) is 1.29. The summed E-state index contributed by atoms with van der Waals surface area (Å²) in [6.07, 6.45) is 3.24. The average Bonchev–Trinajstić information content (AvgIpc) is 2.35. The molecule has 1 rings (SSSR count). The smallest absolute Gasteiger partial charge is 0.344 e. The lowest BCUT2D eigenvalue weighted by atomic mass is 10.3. The van der Waals surface area contributed by atoms with Gasteiger partial charge in [0.25, 0.3) is 0 Å². The van der Waals surface area contributed by atoms with Gasteiger partial charge in [-0.15, -0.1) is 0 Å². The zero-order chi connectivity index (χ0) is 14.4. The van der Waals surface area contributed by atoms with Gasteiger partial charge in [-0.2, -0.15) is 9.97 Å². The third kappa shape index (κ3) is 3.80. The van der Waals surface area contributed by atoms with Crippen LogP contribution in [0.5, 0.6) is 11.8 Å². The first-order chi connectivity index (χ1) is 8.99. The highest BCUT2D eigenvalue weighted by Gasteiger charge is 2.16. The van der Waals surface area contributed by atoms with Crippen LogP contribution in [0.1, 0.15) is 19.4 Å². The van der Waals surface area contributed by atoms with Gasteiger partial charge in [0.1, 0.15) is 0 Å². The molecule has 0 fully saturated rings. The molecule has 1 aromatic heterocycles. The van der Waals surface area contributed by atoms with Crippen molar-refractivity contribution in [2.45, 2.75) is 20.8 Å². The first kappa shape index (κ1) is 14.7. The third-order valence-corrected chi connectivity index (χ3v) is 2.17. The molecule has 0 aromatic carbocycles. The van der Waals surface area contributed by atoms with Crippen molar-refractivity contribution in [3.63, 3.8) is 0 Å². The zero-order valence-corrected chi connectivity index (χ0v) is 11.3. The van der Waals surface area contributed by atoms with Crippen molar-refractivity contribution in [1.29, 1.82) is 0 Å². The fourth-order valence-corrected chi connectivity index (χ4v) is 1.29. The maximum atomic E-state index is 11.7. The number of nitrogen functional groups attached to an aromatic ring is 1. The van der Waals surface area contributed by atoms with Gasteiger partial charge in [-0.25, -0.2) is 4.79 Å². The molecule has 0 bridgehead atoms. The van der Waals surface area contributed by atoms with E-state index in [2.05, 4.69) is 16.5 Å². The Morgan fingerprint density at radius 1 is 1.42 bits per heavy atom. The lowest BCUT2D eigenvalue weighted by Crippen LogP contribution is -2.13. The molecular formula is C13H17N3O3. The van der Waals surface area contributed by atoms with Crippen molar-refractivity contribution in [3.05, 3.63) is 29.9 Å². The van der Waals surface area contributed by atoms with Crippen molar-refractivity contribution in [3.8, 4) is 11.8 Å². The summed E-state index contributed by atoms with van der Waals surface area (Å²) in [5.41, 5.74) is 6.27. The number of allylic oxidation sites excluding steroid dienone is 1. The highest BCUT2D eigenvalue weighted by molar-refractivity contribution is 5.92. The average molecular weight is 263 g/mol. The molecule has 1 aromatic rings. The molecule has 0 saturated carbocycles. The molecule has 1 heterocycles. The number of ether oxygens (including phenoxy) is 2. The number of aromatic nitrogens is 2. The lowest BCUT2D eigenvalue weighted by Gasteiger charge is -2.10. The normalized spacial score (nSPS) is 10.5. The van der Waals surface area contributed by atoms with Gasteiger partial charge in [0.05, 0.1) is 17.7 Å². The Morgan fingerprint density at radius 2 is 2.05 bits per heavy atom. The molecule has 19 heavy (non-hydrogen) atoms. The Balaban J connectivity index is 3.01. The van der Waals surface area contributed by atoms with Crippen molar-refractivity contribution in [1.82, 2.24) is 9.97 Å². The second kappa shape index (κ2) is 6.53. The summed E-state index contributed by atoms with van der Waals surface area (Å²) in [4.78, 5) is 19.5. The van der Waals surface area contributed by atoms with Crippen LogP contribution in [0, 0.1) is 6.92 Å². The van der Waals surface area contributed by atoms with E-state index >= 15 is 0 Å². The Bertz CT molecular complexity index is 524. The van der Waals surface area contributed by atoms with Crippen LogP contribution in [0.15, 0.2) is 24.3 Å². The minimum atomic E-state index is -0.596. The van der Waals surface area contributed by atoms with Gasteiger partial charge < -0.3 is 15.2 Å². The topological polar surface area (TPSA) is 87.3 Å². The summed E-state index contributed by atoms with van der Waals surface area (Å²) >= 11 is 0. The number of rotatable bonds is 5. The molecule has 0 aliphatic rings. The first-order valence-electron chi connectivity index (χ1n) is 5.80. The summed E-state index contributed by atoms with van der Waals surface area (Å²) in [7, 11) is 0. The van der Waals surface area contributed by atoms with E-state index in [1.807, 2.05) is 6.92 Å². The SMILES string of the molecule is C=C(C=CC)C(=O)Oc1nc(N)nc(OCC)c1C. The summed E-state index contributed by atoms with van der Waals surface area (Å²) in [5, 5.41) is 0. The first-order valence-corrected chi connectivity index (χ1v) is 5.80. The molecule has 0 radical (unpaired) electrons. The molecule has 0 aliphatic carbocycles. The monoisotopic (exact) mass is 263 g/mol. The van der Waals surface area contributed by atoms with Gasteiger partial charge in [0, 0.05) is 0 Å². The molecule has 0 saturated heterocycles. The van der Waals surface area contributed by atoms with E-state index in [1.54, 1.807) is 26.0 Å². The molecule has 0 atom stereocenters. The highest BCUT2D eigenvalue weighted by Crippen LogP contribution is 2.25. The predicted molar refractivity (Wildman–Crippen MR) is 71.9 cm³/mol. The number of nitrogens with two attached hydrogens (primary N) is 1. The van der Waals surface area contributed by atoms with E-state index in [1.165, 1.54) is 0 Å². The maximum absolute atomic E-state index is 11.7. The second-order valence-corrected chi connectivity index (χ2v) is 3.66. The Morgan fingerprint density at radius 3 is 2.63 bits per heavy atom. The van der Waals surface area contributed by atoms with Crippen LogP contribution in [0.2, 0.25) is 0 Å². The van der Waals surface area contributed by atoms with Crippen LogP contribution in [0.4, 0.5) is 5.95 Å². The largest absolute Gasteiger partial charge is 0.478 e. The van der Waals surface area contributed by atoms with Gasteiger partial charge in [-0.1, -0.05) is 18.7 Å². The van der Waals surface area contributed by atoms with Crippen LogP contribution in [0.25, 0.3) is 0 Å². The van der Waals surface area contributed by atoms with Crippen LogP contribution in [-0.4, -0.2) is 22.5 Å². The number of carbonyl (C=O) groups is 1. The van der Waals surface area contributed by atoms with Gasteiger partial charge in [0.2, 0.25) is 17.7 Å². The molecule has 6 nitrogen and oxygen atoms in total. The number of anilines is 1. The molecule has 102 valence electrons.